The third-order valence-corrected chi connectivity index (χ3v) is 2.49. The van der Waals surface area contributed by atoms with E-state index in [0.717, 1.165) is 0 Å². The summed E-state index contributed by atoms with van der Waals surface area (Å²) >= 11 is 3.47. The van der Waals surface area contributed by atoms with Gasteiger partial charge in [0.2, 0.25) is 0 Å². The summed E-state index contributed by atoms with van der Waals surface area (Å²) in [5.74, 6) is 0.378. The molecule has 0 aliphatic heterocycles. The summed E-state index contributed by atoms with van der Waals surface area (Å²) in [6.45, 7) is 0. The third kappa shape index (κ3) is 3.14. The van der Waals surface area contributed by atoms with Crippen molar-refractivity contribution in [3.05, 3.63) is 0 Å². The van der Waals surface area contributed by atoms with E-state index < -0.39 is 0 Å². The number of rotatable bonds is 2. The molecule has 1 aliphatic rings. The van der Waals surface area contributed by atoms with E-state index in [-0.39, 0.29) is 5.97 Å². The molecule has 0 bridgehead atoms. The lowest BCUT2D eigenvalue weighted by atomic mass is 9.87. The Bertz CT molecular complexity index is 130. The number of carbonyl (C=O) groups excluding carboxylic acids is 1. The van der Waals surface area contributed by atoms with E-state index in [1.165, 1.54) is 32.1 Å². The van der Waals surface area contributed by atoms with Crippen LogP contribution in [0.15, 0.2) is 0 Å². The molecule has 1 fully saturated rings. The van der Waals surface area contributed by atoms with Gasteiger partial charge in [-0.05, 0) is 18.8 Å². The zero-order chi connectivity index (χ0) is 8.10. The highest BCUT2D eigenvalue weighted by Crippen LogP contribution is 2.26. The Morgan fingerprint density at radius 2 is 2.00 bits per heavy atom. The predicted molar refractivity (Wildman–Crippen MR) is 46.3 cm³/mol. The summed E-state index contributed by atoms with van der Waals surface area (Å²) in [7, 11) is 0. The normalized spacial score (nSPS) is 19.7. The van der Waals surface area contributed by atoms with Gasteiger partial charge in [0.05, 0.1) is 0 Å². The van der Waals surface area contributed by atoms with Crippen molar-refractivity contribution in [2.75, 3.05) is 0 Å². The highest BCUT2D eigenvalue weighted by molar-refractivity contribution is 7.75. The van der Waals surface area contributed by atoms with E-state index in [1.807, 2.05) is 0 Å². The first-order valence-electron chi connectivity index (χ1n) is 4.17. The molecule has 0 unspecified atom stereocenters. The average Bonchev–Trinajstić information content (AvgIpc) is 2.06. The van der Waals surface area contributed by atoms with Crippen molar-refractivity contribution in [3.8, 4) is 0 Å². The molecule has 2 nitrogen and oxygen atoms in total. The minimum Gasteiger partial charge on any atom is -0.395 e. The van der Waals surface area contributed by atoms with E-state index in [9.17, 15) is 4.79 Å². The molecule has 0 heterocycles. The van der Waals surface area contributed by atoms with Gasteiger partial charge in [0, 0.05) is 19.3 Å². The van der Waals surface area contributed by atoms with Crippen molar-refractivity contribution in [2.24, 2.45) is 5.92 Å². The molecule has 0 amide bonds. The summed E-state index contributed by atoms with van der Waals surface area (Å²) in [5, 5.41) is 0. The van der Waals surface area contributed by atoms with E-state index >= 15 is 0 Å². The topological polar surface area (TPSA) is 26.3 Å². The molecule has 0 radical (unpaired) electrons. The second-order valence-electron chi connectivity index (χ2n) is 3.17. The first-order valence-corrected chi connectivity index (χ1v) is 4.53. The van der Waals surface area contributed by atoms with E-state index in [1.54, 1.807) is 0 Å². The van der Waals surface area contributed by atoms with Gasteiger partial charge in [0.1, 0.15) is 0 Å². The van der Waals surface area contributed by atoms with Crippen LogP contribution in [0.3, 0.4) is 0 Å². The van der Waals surface area contributed by atoms with Gasteiger partial charge in [-0.15, -0.1) is 0 Å². The zero-order valence-electron chi connectivity index (χ0n) is 6.58. The van der Waals surface area contributed by atoms with Crippen molar-refractivity contribution in [3.63, 3.8) is 0 Å². The lowest BCUT2D eigenvalue weighted by molar-refractivity contribution is -0.134. The van der Waals surface area contributed by atoms with Crippen molar-refractivity contribution in [1.82, 2.24) is 0 Å². The lowest BCUT2D eigenvalue weighted by Crippen LogP contribution is -2.11. The van der Waals surface area contributed by atoms with Gasteiger partial charge in [-0.1, -0.05) is 19.3 Å². The van der Waals surface area contributed by atoms with Gasteiger partial charge >= 0.3 is 5.97 Å². The number of carbonyl (C=O) groups is 1. The smallest absolute Gasteiger partial charge is 0.317 e. The summed E-state index contributed by atoms with van der Waals surface area (Å²) in [5.41, 5.74) is 0. The van der Waals surface area contributed by atoms with Crippen LogP contribution in [0.2, 0.25) is 0 Å². The predicted octanol–water partition coefficient (Wildman–Crippen LogP) is 2.34. The summed E-state index contributed by atoms with van der Waals surface area (Å²) < 4.78 is 4.31. The molecule has 0 aromatic rings. The summed E-state index contributed by atoms with van der Waals surface area (Å²) in [6.07, 6.45) is 6.79. The van der Waals surface area contributed by atoms with Crippen LogP contribution in [0.4, 0.5) is 0 Å². The third-order valence-electron chi connectivity index (χ3n) is 2.28. The Morgan fingerprint density at radius 3 is 2.55 bits per heavy atom. The molecule has 11 heavy (non-hydrogen) atoms. The van der Waals surface area contributed by atoms with Gasteiger partial charge in [0.15, 0.2) is 0 Å². The van der Waals surface area contributed by atoms with Crippen LogP contribution < -0.4 is 0 Å². The van der Waals surface area contributed by atoms with Gasteiger partial charge in [-0.3, -0.25) is 4.79 Å². The molecule has 3 heteroatoms. The molecular formula is C8H14O2S. The lowest BCUT2D eigenvalue weighted by Gasteiger charge is -2.19. The molecule has 0 saturated heterocycles. The SMILES string of the molecule is O=C(CC1CCCCC1)OS. The van der Waals surface area contributed by atoms with Crippen molar-refractivity contribution in [1.29, 1.82) is 0 Å². The molecule has 0 aromatic heterocycles. The minimum absolute atomic E-state index is 0.180. The van der Waals surface area contributed by atoms with Crippen LogP contribution in [0.25, 0.3) is 0 Å². The van der Waals surface area contributed by atoms with Crippen LogP contribution >= 0.6 is 12.9 Å². The highest BCUT2D eigenvalue weighted by Gasteiger charge is 2.16. The van der Waals surface area contributed by atoms with Gasteiger partial charge in [-0.25, -0.2) is 0 Å². The Morgan fingerprint density at radius 1 is 1.36 bits per heavy atom. The summed E-state index contributed by atoms with van der Waals surface area (Å²) in [4.78, 5) is 10.8. The first kappa shape index (κ1) is 8.91. The van der Waals surface area contributed by atoms with Crippen molar-refractivity contribution >= 4 is 18.9 Å². The molecule has 1 aliphatic carbocycles. The fourth-order valence-electron chi connectivity index (χ4n) is 1.66. The second kappa shape index (κ2) is 4.65. The molecule has 0 aromatic carbocycles. The monoisotopic (exact) mass is 174 g/mol. The zero-order valence-corrected chi connectivity index (χ0v) is 7.48. The van der Waals surface area contributed by atoms with E-state index in [4.69, 9.17) is 0 Å². The van der Waals surface area contributed by atoms with Gasteiger partial charge in [0.25, 0.3) is 0 Å². The molecule has 1 rings (SSSR count). The maximum atomic E-state index is 10.8. The van der Waals surface area contributed by atoms with Crippen LogP contribution in [0, 0.1) is 5.92 Å². The Hall–Kier alpha value is -0.180. The summed E-state index contributed by atoms with van der Waals surface area (Å²) in [6, 6.07) is 0. The largest absolute Gasteiger partial charge is 0.395 e. The van der Waals surface area contributed by atoms with Gasteiger partial charge in [-0.2, -0.15) is 0 Å². The maximum absolute atomic E-state index is 10.8. The Labute approximate surface area is 72.9 Å². The molecular weight excluding hydrogens is 160 g/mol. The molecule has 1 saturated carbocycles. The van der Waals surface area contributed by atoms with Crippen LogP contribution in [-0.2, 0) is 8.98 Å². The number of thiol groups is 1. The van der Waals surface area contributed by atoms with Crippen LogP contribution in [0.1, 0.15) is 38.5 Å². The molecule has 0 spiro atoms. The second-order valence-corrected chi connectivity index (χ2v) is 3.35. The Kier molecular flexibility index (Phi) is 3.77. The molecule has 0 atom stereocenters. The number of hydrogen-bond donors (Lipinski definition) is 1. The molecule has 64 valence electrons. The minimum atomic E-state index is -0.180. The highest BCUT2D eigenvalue weighted by atomic mass is 32.1. The Balaban J connectivity index is 2.19. The standard InChI is InChI=1S/C8H14O2S/c9-8(10-11)6-7-4-2-1-3-5-7/h7,11H,1-6H2. The van der Waals surface area contributed by atoms with Crippen LogP contribution in [-0.4, -0.2) is 5.97 Å². The average molecular weight is 174 g/mol. The molecule has 0 N–H and O–H groups in total. The first-order chi connectivity index (χ1) is 5.33. The number of hydrogen-bond acceptors (Lipinski definition) is 3. The van der Waals surface area contributed by atoms with Crippen LogP contribution in [0.5, 0.6) is 0 Å². The van der Waals surface area contributed by atoms with Gasteiger partial charge < -0.3 is 4.18 Å². The van der Waals surface area contributed by atoms with Crippen molar-refractivity contribution < 1.29 is 8.98 Å². The fourth-order valence-corrected chi connectivity index (χ4v) is 1.74. The quantitative estimate of drug-likeness (QED) is 0.513. The maximum Gasteiger partial charge on any atom is 0.317 e. The van der Waals surface area contributed by atoms with E-state index in [0.29, 0.717) is 12.3 Å². The van der Waals surface area contributed by atoms with Crippen molar-refractivity contribution in [2.45, 2.75) is 38.5 Å². The fraction of sp³-hybridized carbons (Fsp3) is 0.875. The van der Waals surface area contributed by atoms with E-state index in [2.05, 4.69) is 17.1 Å².